The standard InChI is InChI=1S/C21H26O/c1-15-12-18-6-5-7-19(20(18)13-15)17-10-8-16(9-11-17)14-22-21(2,3)4/h5-11,13,18,20H,12,14H2,1-4H3. The van der Waals surface area contributed by atoms with Crippen molar-refractivity contribution in [2.24, 2.45) is 11.8 Å². The molecule has 0 N–H and O–H groups in total. The smallest absolute Gasteiger partial charge is 0.0724 e. The molecule has 0 spiro atoms. The van der Waals surface area contributed by atoms with Crippen molar-refractivity contribution in [3.8, 4) is 0 Å². The molecule has 2 atom stereocenters. The molecule has 0 saturated heterocycles. The van der Waals surface area contributed by atoms with E-state index in [1.807, 2.05) is 0 Å². The van der Waals surface area contributed by atoms with E-state index in [1.165, 1.54) is 28.7 Å². The van der Waals surface area contributed by atoms with E-state index in [4.69, 9.17) is 4.74 Å². The van der Waals surface area contributed by atoms with Crippen LogP contribution in [0.15, 0.2) is 54.1 Å². The van der Waals surface area contributed by atoms with E-state index in [9.17, 15) is 0 Å². The molecule has 0 bridgehead atoms. The minimum Gasteiger partial charge on any atom is -0.371 e. The fourth-order valence-electron chi connectivity index (χ4n) is 3.30. The zero-order valence-electron chi connectivity index (χ0n) is 14.1. The highest BCUT2D eigenvalue weighted by molar-refractivity contribution is 5.73. The van der Waals surface area contributed by atoms with E-state index in [0.717, 1.165) is 0 Å². The van der Waals surface area contributed by atoms with Crippen LogP contribution >= 0.6 is 0 Å². The van der Waals surface area contributed by atoms with Gasteiger partial charge in [0.1, 0.15) is 0 Å². The largest absolute Gasteiger partial charge is 0.371 e. The predicted octanol–water partition coefficient (Wildman–Crippen LogP) is 5.54. The lowest BCUT2D eigenvalue weighted by Crippen LogP contribution is -2.18. The van der Waals surface area contributed by atoms with Crippen molar-refractivity contribution in [2.75, 3.05) is 0 Å². The summed E-state index contributed by atoms with van der Waals surface area (Å²) in [5, 5.41) is 0. The maximum atomic E-state index is 5.85. The number of allylic oxidation sites excluding steroid dienone is 6. The van der Waals surface area contributed by atoms with Crippen LogP contribution in [0.3, 0.4) is 0 Å². The van der Waals surface area contributed by atoms with Gasteiger partial charge in [0.05, 0.1) is 12.2 Å². The highest BCUT2D eigenvalue weighted by Crippen LogP contribution is 2.42. The van der Waals surface area contributed by atoms with Crippen LogP contribution in [0.25, 0.3) is 5.57 Å². The van der Waals surface area contributed by atoms with Gasteiger partial charge in [0, 0.05) is 5.92 Å². The summed E-state index contributed by atoms with van der Waals surface area (Å²) >= 11 is 0. The Morgan fingerprint density at radius 1 is 1.14 bits per heavy atom. The van der Waals surface area contributed by atoms with Crippen molar-refractivity contribution in [3.05, 3.63) is 65.3 Å². The van der Waals surface area contributed by atoms with E-state index in [1.54, 1.807) is 0 Å². The minimum atomic E-state index is -0.0885. The number of fused-ring (bicyclic) bond motifs is 1. The average molecular weight is 294 g/mol. The number of benzene rings is 1. The number of ether oxygens (including phenoxy) is 1. The Morgan fingerprint density at radius 2 is 1.86 bits per heavy atom. The van der Waals surface area contributed by atoms with Crippen LogP contribution in [0.5, 0.6) is 0 Å². The third kappa shape index (κ3) is 3.41. The Kier molecular flexibility index (Phi) is 4.10. The fourth-order valence-corrected chi connectivity index (χ4v) is 3.30. The van der Waals surface area contributed by atoms with E-state index >= 15 is 0 Å². The summed E-state index contributed by atoms with van der Waals surface area (Å²) < 4.78 is 5.85. The van der Waals surface area contributed by atoms with E-state index in [0.29, 0.717) is 18.4 Å². The van der Waals surface area contributed by atoms with Crippen LogP contribution < -0.4 is 0 Å². The maximum absolute atomic E-state index is 5.85. The van der Waals surface area contributed by atoms with Crippen LogP contribution in [-0.2, 0) is 11.3 Å². The molecule has 2 aliphatic carbocycles. The summed E-state index contributed by atoms with van der Waals surface area (Å²) in [4.78, 5) is 0. The van der Waals surface area contributed by atoms with Crippen LogP contribution in [-0.4, -0.2) is 5.60 Å². The second kappa shape index (κ2) is 5.89. The molecule has 0 fully saturated rings. The molecule has 2 aliphatic rings. The highest BCUT2D eigenvalue weighted by Gasteiger charge is 2.29. The van der Waals surface area contributed by atoms with E-state index in [2.05, 4.69) is 76.3 Å². The van der Waals surface area contributed by atoms with Crippen molar-refractivity contribution in [3.63, 3.8) is 0 Å². The first-order chi connectivity index (χ1) is 10.4. The number of rotatable bonds is 3. The lowest BCUT2D eigenvalue weighted by Gasteiger charge is -2.23. The van der Waals surface area contributed by atoms with Gasteiger partial charge in [-0.1, -0.05) is 54.1 Å². The molecule has 0 amide bonds. The lowest BCUT2D eigenvalue weighted by atomic mass is 9.81. The molecule has 116 valence electrons. The van der Waals surface area contributed by atoms with Gasteiger partial charge in [0.2, 0.25) is 0 Å². The first-order valence-electron chi connectivity index (χ1n) is 8.21. The Bertz CT molecular complexity index is 623. The zero-order valence-corrected chi connectivity index (χ0v) is 14.1. The summed E-state index contributed by atoms with van der Waals surface area (Å²) in [7, 11) is 0. The Balaban J connectivity index is 1.75. The molecule has 1 nitrogen and oxygen atoms in total. The van der Waals surface area contributed by atoms with Crippen molar-refractivity contribution in [1.82, 2.24) is 0 Å². The quantitative estimate of drug-likeness (QED) is 0.665. The molecule has 3 rings (SSSR count). The van der Waals surface area contributed by atoms with Gasteiger partial charge in [-0.05, 0) is 56.7 Å². The lowest BCUT2D eigenvalue weighted by molar-refractivity contribution is -0.0149. The topological polar surface area (TPSA) is 9.23 Å². The second-order valence-electron chi connectivity index (χ2n) is 7.51. The maximum Gasteiger partial charge on any atom is 0.0724 e. The molecular formula is C21H26O. The van der Waals surface area contributed by atoms with E-state index in [-0.39, 0.29) is 5.60 Å². The van der Waals surface area contributed by atoms with Crippen LogP contribution in [0, 0.1) is 11.8 Å². The molecule has 0 aliphatic heterocycles. The molecule has 0 aromatic heterocycles. The van der Waals surface area contributed by atoms with Crippen molar-refractivity contribution >= 4 is 5.57 Å². The van der Waals surface area contributed by atoms with Gasteiger partial charge in [-0.25, -0.2) is 0 Å². The molecule has 0 saturated carbocycles. The molecule has 0 heterocycles. The third-order valence-corrected chi connectivity index (χ3v) is 4.44. The summed E-state index contributed by atoms with van der Waals surface area (Å²) in [5.41, 5.74) is 5.45. The van der Waals surface area contributed by atoms with Gasteiger partial charge < -0.3 is 4.74 Å². The molecular weight excluding hydrogens is 268 g/mol. The van der Waals surface area contributed by atoms with Crippen LogP contribution in [0.1, 0.15) is 45.2 Å². The van der Waals surface area contributed by atoms with Gasteiger partial charge in [-0.2, -0.15) is 0 Å². The number of hydrogen-bond acceptors (Lipinski definition) is 1. The molecule has 2 unspecified atom stereocenters. The average Bonchev–Trinajstić information content (AvgIpc) is 2.85. The van der Waals surface area contributed by atoms with Gasteiger partial charge in [-0.3, -0.25) is 0 Å². The number of hydrogen-bond donors (Lipinski definition) is 0. The molecule has 1 aromatic carbocycles. The van der Waals surface area contributed by atoms with Crippen molar-refractivity contribution in [1.29, 1.82) is 0 Å². The second-order valence-corrected chi connectivity index (χ2v) is 7.51. The zero-order chi connectivity index (χ0) is 15.7. The van der Waals surface area contributed by atoms with Crippen LogP contribution in [0.4, 0.5) is 0 Å². The van der Waals surface area contributed by atoms with Crippen molar-refractivity contribution < 1.29 is 4.74 Å². The Morgan fingerprint density at radius 3 is 2.55 bits per heavy atom. The Hall–Kier alpha value is -1.60. The minimum absolute atomic E-state index is 0.0885. The SMILES string of the molecule is CC1=CC2C(c3ccc(COC(C)(C)C)cc3)=CC=CC2C1. The van der Waals surface area contributed by atoms with Gasteiger partial charge in [0.15, 0.2) is 0 Å². The summed E-state index contributed by atoms with van der Waals surface area (Å²) in [6.45, 7) is 9.20. The molecule has 0 radical (unpaired) electrons. The van der Waals surface area contributed by atoms with Gasteiger partial charge in [-0.15, -0.1) is 0 Å². The Labute approximate surface area is 134 Å². The molecule has 22 heavy (non-hydrogen) atoms. The summed E-state index contributed by atoms with van der Waals surface area (Å²) in [5.74, 6) is 1.21. The van der Waals surface area contributed by atoms with Crippen LogP contribution in [0.2, 0.25) is 0 Å². The molecule has 1 aromatic rings. The van der Waals surface area contributed by atoms with E-state index < -0.39 is 0 Å². The van der Waals surface area contributed by atoms with Gasteiger partial charge in [0.25, 0.3) is 0 Å². The first-order valence-corrected chi connectivity index (χ1v) is 8.21. The summed E-state index contributed by atoms with van der Waals surface area (Å²) in [6, 6.07) is 8.87. The van der Waals surface area contributed by atoms with Crippen molar-refractivity contribution in [2.45, 2.75) is 46.3 Å². The highest BCUT2D eigenvalue weighted by atomic mass is 16.5. The monoisotopic (exact) mass is 294 g/mol. The predicted molar refractivity (Wildman–Crippen MR) is 93.5 cm³/mol. The first kappa shape index (κ1) is 15.3. The summed E-state index contributed by atoms with van der Waals surface area (Å²) in [6.07, 6.45) is 10.5. The third-order valence-electron chi connectivity index (χ3n) is 4.44. The van der Waals surface area contributed by atoms with Gasteiger partial charge >= 0.3 is 0 Å². The normalized spacial score (nSPS) is 24.0. The molecule has 1 heteroatoms. The fraction of sp³-hybridized carbons (Fsp3) is 0.429.